The number of epoxide rings is 1. The Labute approximate surface area is 194 Å². The minimum Gasteiger partial charge on any atom is -0.411 e. The molecule has 1 aromatic carbocycles. The van der Waals surface area contributed by atoms with E-state index in [1.54, 1.807) is 30.6 Å². The molecule has 1 aliphatic carbocycles. The van der Waals surface area contributed by atoms with Crippen LogP contribution in [0.4, 0.5) is 5.82 Å². The van der Waals surface area contributed by atoms with Crippen LogP contribution in [0.25, 0.3) is 0 Å². The lowest BCUT2D eigenvalue weighted by atomic mass is 9.85. The summed E-state index contributed by atoms with van der Waals surface area (Å²) >= 11 is 9.58. The maximum absolute atomic E-state index is 11.9. The van der Waals surface area contributed by atoms with Gasteiger partial charge < -0.3 is 15.3 Å². The average molecular weight is 530 g/mol. The molecule has 2 fully saturated rings. The summed E-state index contributed by atoms with van der Waals surface area (Å²) in [4.78, 5) is 8.54. The number of oxime groups is 1. The van der Waals surface area contributed by atoms with Crippen LogP contribution in [0.1, 0.15) is 37.2 Å². The lowest BCUT2D eigenvalue weighted by Gasteiger charge is -2.20. The van der Waals surface area contributed by atoms with Gasteiger partial charge in [0.1, 0.15) is 16.5 Å². The topological polar surface area (TPSA) is 117 Å². The van der Waals surface area contributed by atoms with Crippen LogP contribution < -0.4 is 5.32 Å². The van der Waals surface area contributed by atoms with Crippen LogP contribution >= 0.6 is 27.5 Å². The molecule has 2 aromatic rings. The summed E-state index contributed by atoms with van der Waals surface area (Å²) in [5, 5.41) is 15.9. The first-order chi connectivity index (χ1) is 14.7. The van der Waals surface area contributed by atoms with Gasteiger partial charge in [-0.2, -0.15) is 0 Å². The highest BCUT2D eigenvalue weighted by Crippen LogP contribution is 2.44. The molecule has 0 bridgehead atoms. The van der Waals surface area contributed by atoms with Gasteiger partial charge in [0, 0.05) is 12.2 Å². The number of nitrogens with zero attached hydrogens (tertiary/aromatic N) is 3. The monoisotopic (exact) mass is 528 g/mol. The smallest absolute Gasteiger partial charge is 0.176 e. The summed E-state index contributed by atoms with van der Waals surface area (Å²) in [5.74, 6) is 0.951. The molecule has 2 N–H and O–H groups in total. The summed E-state index contributed by atoms with van der Waals surface area (Å²) in [7, 11) is -3.41. The highest BCUT2D eigenvalue weighted by atomic mass is 79.9. The van der Waals surface area contributed by atoms with Gasteiger partial charge in [-0.25, -0.2) is 18.4 Å². The van der Waals surface area contributed by atoms with Crippen molar-refractivity contribution in [2.24, 2.45) is 11.1 Å². The number of hydrogen-bond acceptors (Lipinski definition) is 8. The second-order valence-corrected chi connectivity index (χ2v) is 11.2. The number of benzene rings is 1. The fourth-order valence-electron chi connectivity index (χ4n) is 4.15. The molecule has 4 atom stereocenters. The number of rotatable bonds is 7. The predicted octanol–water partition coefficient (Wildman–Crippen LogP) is 4.24. The molecule has 11 heteroatoms. The van der Waals surface area contributed by atoms with Gasteiger partial charge in [0.2, 0.25) is 0 Å². The van der Waals surface area contributed by atoms with Crippen molar-refractivity contribution in [3.63, 3.8) is 0 Å². The van der Waals surface area contributed by atoms with Crippen molar-refractivity contribution in [2.45, 2.75) is 48.8 Å². The van der Waals surface area contributed by atoms with E-state index in [1.807, 2.05) is 0 Å². The molecule has 0 spiro atoms. The van der Waals surface area contributed by atoms with Crippen molar-refractivity contribution in [1.29, 1.82) is 0 Å². The fourth-order valence-corrected chi connectivity index (χ4v) is 5.69. The summed E-state index contributed by atoms with van der Waals surface area (Å²) in [5.41, 5.74) is 1.73. The normalized spacial score (nSPS) is 25.5. The molecule has 8 nitrogen and oxygen atoms in total. The van der Waals surface area contributed by atoms with Gasteiger partial charge in [0.05, 0.1) is 28.0 Å². The molecular formula is C20H22BrClN4O4S. The summed E-state index contributed by atoms with van der Waals surface area (Å²) in [6, 6.07) is 5.08. The number of aromatic nitrogens is 2. The third kappa shape index (κ3) is 5.36. The Balaban J connectivity index is 1.55. The first-order valence-electron chi connectivity index (χ1n) is 9.83. The molecule has 4 unspecified atom stereocenters. The first-order valence-corrected chi connectivity index (χ1v) is 12.9. The molecule has 1 saturated carbocycles. The zero-order valence-corrected chi connectivity index (χ0v) is 19.9. The quantitative estimate of drug-likeness (QED) is 0.313. The molecule has 1 saturated heterocycles. The van der Waals surface area contributed by atoms with Crippen molar-refractivity contribution in [3.8, 4) is 0 Å². The lowest BCUT2D eigenvalue weighted by Crippen LogP contribution is -2.17. The number of anilines is 1. The Morgan fingerprint density at radius 2 is 2.19 bits per heavy atom. The zero-order valence-electron chi connectivity index (χ0n) is 16.7. The van der Waals surface area contributed by atoms with Gasteiger partial charge in [-0.3, -0.25) is 0 Å². The van der Waals surface area contributed by atoms with Gasteiger partial charge in [0.15, 0.2) is 16.1 Å². The Hall–Kier alpha value is -1.75. The van der Waals surface area contributed by atoms with Crippen LogP contribution in [-0.2, 0) is 14.6 Å². The maximum Gasteiger partial charge on any atom is 0.176 e. The molecule has 2 heterocycles. The minimum absolute atomic E-state index is 0.00457. The molecule has 0 radical (unpaired) electrons. The Kier molecular flexibility index (Phi) is 6.52. The summed E-state index contributed by atoms with van der Waals surface area (Å²) in [6.07, 6.45) is 7.28. The second-order valence-electron chi connectivity index (χ2n) is 7.97. The number of nitrogens with one attached hydrogen (secondary N) is 1. The second kappa shape index (κ2) is 9.01. The van der Waals surface area contributed by atoms with Crippen molar-refractivity contribution >= 4 is 48.9 Å². The number of sulfone groups is 1. The van der Waals surface area contributed by atoms with E-state index in [4.69, 9.17) is 21.5 Å². The maximum atomic E-state index is 11.9. The largest absolute Gasteiger partial charge is 0.411 e. The number of hydrogen-bond donors (Lipinski definition) is 2. The molecule has 4 rings (SSSR count). The molecule has 31 heavy (non-hydrogen) atoms. The third-order valence-electron chi connectivity index (χ3n) is 5.71. The van der Waals surface area contributed by atoms with Crippen LogP contribution in [-0.4, -0.2) is 47.9 Å². The van der Waals surface area contributed by atoms with Gasteiger partial charge in [0.25, 0.3) is 0 Å². The lowest BCUT2D eigenvalue weighted by molar-refractivity contribution is 0.315. The van der Waals surface area contributed by atoms with Gasteiger partial charge >= 0.3 is 0 Å². The standard InChI is InChI=1S/C20H22BrClN4O4S/c1-31(28,29)16-5-3-12(8-15(16)22)14(7-11-2-4-13(6-11)26-27)19-20(30-19)25-18-10-23-17(21)9-24-18/h3,5,8-11,14,19-20,27H,2,4,6-7H2,1H3,(H,24,25)/b26-13-. The molecule has 2 aliphatic rings. The first kappa shape index (κ1) is 22.4. The Morgan fingerprint density at radius 3 is 2.81 bits per heavy atom. The Bertz CT molecular complexity index is 1100. The van der Waals surface area contributed by atoms with Crippen LogP contribution in [0.5, 0.6) is 0 Å². The van der Waals surface area contributed by atoms with E-state index < -0.39 is 9.84 Å². The van der Waals surface area contributed by atoms with E-state index >= 15 is 0 Å². The summed E-state index contributed by atoms with van der Waals surface area (Å²) < 4.78 is 30.5. The predicted molar refractivity (Wildman–Crippen MR) is 120 cm³/mol. The number of ether oxygens (including phenoxy) is 1. The minimum atomic E-state index is -3.41. The molecule has 166 valence electrons. The van der Waals surface area contributed by atoms with E-state index in [2.05, 4.69) is 36.4 Å². The van der Waals surface area contributed by atoms with Gasteiger partial charge in [-0.1, -0.05) is 22.8 Å². The van der Waals surface area contributed by atoms with Crippen molar-refractivity contribution in [2.75, 3.05) is 11.6 Å². The van der Waals surface area contributed by atoms with E-state index in [0.717, 1.165) is 43.2 Å². The van der Waals surface area contributed by atoms with E-state index in [0.29, 0.717) is 16.3 Å². The SMILES string of the molecule is CS(=O)(=O)c1ccc(C(CC2CC/C(=N/O)C2)C2OC2Nc2cnc(Br)cn2)cc1Cl. The number of halogens is 2. The molecule has 0 amide bonds. The van der Waals surface area contributed by atoms with Gasteiger partial charge in [-0.05, 0) is 65.2 Å². The highest BCUT2D eigenvalue weighted by molar-refractivity contribution is 9.10. The average Bonchev–Trinajstić information content (AvgIpc) is 3.31. The highest BCUT2D eigenvalue weighted by Gasteiger charge is 2.47. The molecular weight excluding hydrogens is 508 g/mol. The third-order valence-corrected chi connectivity index (χ3v) is 7.70. The molecule has 1 aliphatic heterocycles. The fraction of sp³-hybridized carbons (Fsp3) is 0.450. The van der Waals surface area contributed by atoms with Crippen molar-refractivity contribution in [1.82, 2.24) is 9.97 Å². The van der Waals surface area contributed by atoms with E-state index in [9.17, 15) is 8.42 Å². The summed E-state index contributed by atoms with van der Waals surface area (Å²) in [6.45, 7) is 0. The molecule has 1 aromatic heterocycles. The van der Waals surface area contributed by atoms with Crippen LogP contribution in [0, 0.1) is 5.92 Å². The van der Waals surface area contributed by atoms with Gasteiger partial charge in [-0.15, -0.1) is 0 Å². The van der Waals surface area contributed by atoms with E-state index in [1.165, 1.54) is 0 Å². The van der Waals surface area contributed by atoms with Crippen LogP contribution in [0.2, 0.25) is 5.02 Å². The van der Waals surface area contributed by atoms with Crippen LogP contribution in [0.3, 0.4) is 0 Å². The van der Waals surface area contributed by atoms with Crippen LogP contribution in [0.15, 0.2) is 45.2 Å². The zero-order chi connectivity index (χ0) is 22.2. The van der Waals surface area contributed by atoms with Crippen molar-refractivity contribution in [3.05, 3.63) is 45.8 Å². The Morgan fingerprint density at radius 1 is 1.39 bits per heavy atom. The van der Waals surface area contributed by atoms with Crippen molar-refractivity contribution < 1.29 is 18.4 Å². The van der Waals surface area contributed by atoms with E-state index in [-0.39, 0.29) is 28.2 Å².